The normalized spacial score (nSPS) is 14.0. The lowest BCUT2D eigenvalue weighted by Gasteiger charge is -2.13. The molecule has 0 saturated carbocycles. The first-order chi connectivity index (χ1) is 12.2. The highest BCUT2D eigenvalue weighted by Gasteiger charge is 2.10. The van der Waals surface area contributed by atoms with Gasteiger partial charge in [-0.2, -0.15) is 0 Å². The first-order valence-electron chi connectivity index (χ1n) is 11.0. The summed E-state index contributed by atoms with van der Waals surface area (Å²) >= 11 is 0. The van der Waals surface area contributed by atoms with Crippen LogP contribution in [-0.4, -0.2) is 0 Å². The van der Waals surface area contributed by atoms with Crippen molar-refractivity contribution < 1.29 is 0 Å². The number of fused-ring (bicyclic) bond motifs is 1. The summed E-state index contributed by atoms with van der Waals surface area (Å²) < 4.78 is 0. The Balaban J connectivity index is 1.58. The van der Waals surface area contributed by atoms with E-state index in [2.05, 4.69) is 45.1 Å². The third-order valence-corrected chi connectivity index (χ3v) is 5.95. The molecular formula is C25H40. The summed E-state index contributed by atoms with van der Waals surface area (Å²) in [5.74, 6) is 0.704. The van der Waals surface area contributed by atoms with E-state index in [1.165, 1.54) is 93.1 Å². The summed E-state index contributed by atoms with van der Waals surface area (Å²) in [5.41, 5.74) is 3.02. The molecule has 0 nitrogen and oxygen atoms in total. The van der Waals surface area contributed by atoms with Gasteiger partial charge in [-0.15, -0.1) is 0 Å². The summed E-state index contributed by atoms with van der Waals surface area (Å²) in [5, 5.41) is 3.04. The highest BCUT2D eigenvalue weighted by molar-refractivity contribution is 5.51. The molecule has 2 rings (SSSR count). The molecule has 0 radical (unpaired) electrons. The molecule has 1 aliphatic carbocycles. The zero-order valence-corrected chi connectivity index (χ0v) is 17.1. The quantitative estimate of drug-likeness (QED) is 0.348. The average molecular weight is 341 g/mol. The molecule has 0 heteroatoms. The van der Waals surface area contributed by atoms with Crippen molar-refractivity contribution in [2.75, 3.05) is 0 Å². The van der Waals surface area contributed by atoms with Gasteiger partial charge in [0.25, 0.3) is 0 Å². The molecule has 0 aliphatic heterocycles. The van der Waals surface area contributed by atoms with Gasteiger partial charge in [-0.05, 0) is 47.2 Å². The third kappa shape index (κ3) is 6.65. The topological polar surface area (TPSA) is 0 Å². The molecule has 1 aliphatic rings. The number of hydrogen-bond acceptors (Lipinski definition) is 0. The first-order valence-corrected chi connectivity index (χ1v) is 11.0. The Morgan fingerprint density at radius 2 is 1.32 bits per heavy atom. The third-order valence-electron chi connectivity index (χ3n) is 5.95. The highest BCUT2D eigenvalue weighted by atomic mass is 14.1. The lowest BCUT2D eigenvalue weighted by Crippen LogP contribution is -2.29. The smallest absolute Gasteiger partial charge is 0.0151 e. The summed E-state index contributed by atoms with van der Waals surface area (Å²) in [6.45, 7) is 6.96. The predicted molar refractivity (Wildman–Crippen MR) is 113 cm³/mol. The van der Waals surface area contributed by atoms with Crippen LogP contribution in [0, 0.1) is 6.92 Å². The molecule has 0 bridgehead atoms. The van der Waals surface area contributed by atoms with Crippen LogP contribution in [0.3, 0.4) is 0 Å². The molecule has 0 saturated heterocycles. The first kappa shape index (κ1) is 20.3. The number of rotatable bonds is 13. The maximum absolute atomic E-state index is 2.43. The van der Waals surface area contributed by atoms with E-state index in [1.807, 2.05) is 0 Å². The van der Waals surface area contributed by atoms with Crippen LogP contribution in [0.2, 0.25) is 0 Å². The maximum atomic E-state index is 2.43. The van der Waals surface area contributed by atoms with Crippen LogP contribution in [-0.2, 0) is 0 Å². The maximum Gasteiger partial charge on any atom is -0.0151 e. The Hall–Kier alpha value is -1.04. The number of unbranched alkanes of at least 4 members (excludes halogenated alkanes) is 10. The molecule has 25 heavy (non-hydrogen) atoms. The monoisotopic (exact) mass is 340 g/mol. The standard InChI is InChI=1S/C25H40/c1-4-5-6-7-8-9-10-11-12-13-14-16-21(2)24-20-19-22(3)23-17-15-18-25(23)24/h17-21H,4-16H2,1-3H3. The molecule has 140 valence electrons. The Bertz CT molecular complexity index is 608. The predicted octanol–water partition coefficient (Wildman–Crippen LogP) is 6.76. The van der Waals surface area contributed by atoms with Gasteiger partial charge in [0.2, 0.25) is 0 Å². The van der Waals surface area contributed by atoms with Crippen molar-refractivity contribution in [3.63, 3.8) is 0 Å². The van der Waals surface area contributed by atoms with Gasteiger partial charge in [0.05, 0.1) is 0 Å². The van der Waals surface area contributed by atoms with Crippen LogP contribution >= 0.6 is 0 Å². The van der Waals surface area contributed by atoms with Crippen LogP contribution in [0.4, 0.5) is 0 Å². The van der Waals surface area contributed by atoms with Crippen LogP contribution in [0.15, 0.2) is 12.1 Å². The second-order valence-electron chi connectivity index (χ2n) is 8.17. The number of benzene rings is 1. The van der Waals surface area contributed by atoms with Gasteiger partial charge in [-0.25, -0.2) is 0 Å². The van der Waals surface area contributed by atoms with E-state index in [4.69, 9.17) is 0 Å². The van der Waals surface area contributed by atoms with Crippen LogP contribution in [0.1, 0.15) is 114 Å². The molecule has 0 fully saturated rings. The minimum atomic E-state index is 0.704. The molecule has 1 unspecified atom stereocenters. The summed E-state index contributed by atoms with van der Waals surface area (Å²) in [6, 6.07) is 4.70. The van der Waals surface area contributed by atoms with Gasteiger partial charge in [0.1, 0.15) is 0 Å². The van der Waals surface area contributed by atoms with E-state index in [9.17, 15) is 0 Å². The lowest BCUT2D eigenvalue weighted by atomic mass is 9.92. The SMILES string of the molecule is CCCCCCCCCCCCCC(C)c1ccc(C)c2c1=CCC=2. The van der Waals surface area contributed by atoms with Crippen molar-refractivity contribution in [3.05, 3.63) is 33.7 Å². The lowest BCUT2D eigenvalue weighted by molar-refractivity contribution is 0.531. The van der Waals surface area contributed by atoms with Gasteiger partial charge >= 0.3 is 0 Å². The Kier molecular flexibility index (Phi) is 9.37. The van der Waals surface area contributed by atoms with E-state index in [1.54, 1.807) is 5.56 Å². The fourth-order valence-electron chi connectivity index (χ4n) is 4.26. The zero-order chi connectivity index (χ0) is 17.9. The Morgan fingerprint density at radius 3 is 1.96 bits per heavy atom. The Labute approximate surface area is 156 Å². The van der Waals surface area contributed by atoms with E-state index in [0.29, 0.717) is 5.92 Å². The van der Waals surface area contributed by atoms with Gasteiger partial charge < -0.3 is 0 Å². The molecule has 0 aromatic heterocycles. The largest absolute Gasteiger partial charge is 0.0726 e. The molecule has 0 N–H and O–H groups in total. The highest BCUT2D eigenvalue weighted by Crippen LogP contribution is 2.20. The number of hydrogen-bond donors (Lipinski definition) is 0. The van der Waals surface area contributed by atoms with E-state index in [-0.39, 0.29) is 0 Å². The van der Waals surface area contributed by atoms with E-state index < -0.39 is 0 Å². The molecule has 0 heterocycles. The van der Waals surface area contributed by atoms with Gasteiger partial charge in [-0.3, -0.25) is 0 Å². The van der Waals surface area contributed by atoms with Gasteiger partial charge in [-0.1, -0.05) is 109 Å². The van der Waals surface area contributed by atoms with E-state index in [0.717, 1.165) is 6.42 Å². The zero-order valence-electron chi connectivity index (χ0n) is 17.1. The molecule has 0 amide bonds. The van der Waals surface area contributed by atoms with E-state index >= 15 is 0 Å². The average Bonchev–Trinajstić information content (AvgIpc) is 3.10. The second-order valence-corrected chi connectivity index (χ2v) is 8.17. The van der Waals surface area contributed by atoms with Crippen molar-refractivity contribution in [2.45, 2.75) is 110 Å². The molecular weight excluding hydrogens is 300 g/mol. The minimum Gasteiger partial charge on any atom is -0.0726 e. The van der Waals surface area contributed by atoms with Crippen LogP contribution < -0.4 is 10.4 Å². The van der Waals surface area contributed by atoms with Crippen LogP contribution in [0.25, 0.3) is 12.2 Å². The molecule has 1 aromatic carbocycles. The van der Waals surface area contributed by atoms with Gasteiger partial charge in [0, 0.05) is 0 Å². The Morgan fingerprint density at radius 1 is 0.760 bits per heavy atom. The van der Waals surface area contributed by atoms with Crippen molar-refractivity contribution >= 4 is 12.2 Å². The second kappa shape index (κ2) is 11.6. The van der Waals surface area contributed by atoms with Crippen molar-refractivity contribution in [3.8, 4) is 0 Å². The fourth-order valence-corrected chi connectivity index (χ4v) is 4.26. The molecule has 1 atom stereocenters. The van der Waals surface area contributed by atoms with Crippen LogP contribution in [0.5, 0.6) is 0 Å². The minimum absolute atomic E-state index is 0.704. The number of aryl methyl sites for hydroxylation is 1. The molecule has 1 aromatic rings. The van der Waals surface area contributed by atoms with Crippen molar-refractivity contribution in [1.29, 1.82) is 0 Å². The fraction of sp³-hybridized carbons (Fsp3) is 0.680. The molecule has 0 spiro atoms. The van der Waals surface area contributed by atoms with Crippen molar-refractivity contribution in [2.24, 2.45) is 0 Å². The van der Waals surface area contributed by atoms with Gasteiger partial charge in [0.15, 0.2) is 0 Å². The summed E-state index contributed by atoms with van der Waals surface area (Å²) in [4.78, 5) is 0. The van der Waals surface area contributed by atoms with Crippen molar-refractivity contribution in [1.82, 2.24) is 0 Å². The summed E-state index contributed by atoms with van der Waals surface area (Å²) in [7, 11) is 0. The summed E-state index contributed by atoms with van der Waals surface area (Å²) in [6.07, 6.45) is 23.1.